The summed E-state index contributed by atoms with van der Waals surface area (Å²) in [5.41, 5.74) is 1.01. The van der Waals surface area contributed by atoms with Crippen molar-refractivity contribution < 1.29 is 23.9 Å². The molecule has 0 aliphatic heterocycles. The highest BCUT2D eigenvalue weighted by atomic mass is 35.5. The molecule has 1 aliphatic rings. The summed E-state index contributed by atoms with van der Waals surface area (Å²) in [6, 6.07) is 11.1. The number of anilines is 1. The molecule has 2 aromatic carbocycles. The minimum Gasteiger partial charge on any atom is -0.463 e. The van der Waals surface area contributed by atoms with Crippen molar-refractivity contribution in [3.05, 3.63) is 63.6 Å². The number of nitrogens with one attached hydrogen (secondary N) is 2. The maximum absolute atomic E-state index is 13.6. The average molecular weight is 607 g/mol. The van der Waals surface area contributed by atoms with Crippen molar-refractivity contribution >= 4 is 46.7 Å². The summed E-state index contributed by atoms with van der Waals surface area (Å²) in [7, 11) is 1.63. The molecule has 3 rings (SSSR count). The number of rotatable bonds is 15. The maximum atomic E-state index is 13.6. The van der Waals surface area contributed by atoms with Gasteiger partial charge in [0, 0.05) is 32.4 Å². The molecule has 2 amide bonds. The number of halogens is 2. The Balaban J connectivity index is 1.72. The molecule has 1 fully saturated rings. The highest BCUT2D eigenvalue weighted by molar-refractivity contribution is 6.40. The van der Waals surface area contributed by atoms with Gasteiger partial charge in [-0.15, -0.1) is 0 Å². The first-order valence-electron chi connectivity index (χ1n) is 14.3. The Labute approximate surface area is 253 Å². The summed E-state index contributed by atoms with van der Waals surface area (Å²) in [6.45, 7) is 7.20. The van der Waals surface area contributed by atoms with Gasteiger partial charge in [0.2, 0.25) is 5.91 Å². The van der Waals surface area contributed by atoms with E-state index >= 15 is 0 Å². The Bertz CT molecular complexity index is 1140. The molecule has 1 saturated carbocycles. The fraction of sp³-hybridized carbons (Fsp3) is 0.516. The number of carbonyl (C=O) groups is 3. The first kappa shape index (κ1) is 32.9. The van der Waals surface area contributed by atoms with E-state index in [0.29, 0.717) is 25.3 Å². The van der Waals surface area contributed by atoms with Crippen LogP contribution in [0.1, 0.15) is 61.9 Å². The fourth-order valence-corrected chi connectivity index (χ4v) is 5.80. The molecule has 0 spiro atoms. The molecular weight excluding hydrogens is 565 g/mol. The summed E-state index contributed by atoms with van der Waals surface area (Å²) in [5, 5.41) is 6.34. The molecule has 10 heteroatoms. The summed E-state index contributed by atoms with van der Waals surface area (Å²) in [5.74, 6) is -1.01. The summed E-state index contributed by atoms with van der Waals surface area (Å²) in [6.07, 6.45) is 4.36. The second kappa shape index (κ2) is 16.1. The van der Waals surface area contributed by atoms with Crippen molar-refractivity contribution in [1.29, 1.82) is 0 Å². The maximum Gasteiger partial charge on any atom is 0.329 e. The number of carbonyl (C=O) groups excluding carboxylic acids is 3. The lowest BCUT2D eigenvalue weighted by atomic mass is 9.81. The zero-order chi connectivity index (χ0) is 29.8. The third-order valence-electron chi connectivity index (χ3n) is 7.80. The Kier molecular flexibility index (Phi) is 12.9. The van der Waals surface area contributed by atoms with Crippen LogP contribution in [0, 0.1) is 5.41 Å². The molecule has 1 aliphatic carbocycles. The second-order valence-corrected chi connectivity index (χ2v) is 11.2. The van der Waals surface area contributed by atoms with Crippen LogP contribution < -0.4 is 10.6 Å². The molecular formula is C31H41Cl2N3O5. The molecule has 2 N–H and O–H groups in total. The lowest BCUT2D eigenvalue weighted by molar-refractivity contribution is -0.149. The monoisotopic (exact) mass is 605 g/mol. The van der Waals surface area contributed by atoms with E-state index in [2.05, 4.69) is 29.4 Å². The SMILES string of the molecule is CCN(CC)CCOC(=O)C(Cc1ccc(NC(=O)c2c(Cl)cccc2Cl)cc1)NC(=O)C1(CCOC)CCCC1. The smallest absolute Gasteiger partial charge is 0.329 e. The molecule has 0 bridgehead atoms. The van der Waals surface area contributed by atoms with Crippen LogP contribution in [0.3, 0.4) is 0 Å². The van der Waals surface area contributed by atoms with Gasteiger partial charge >= 0.3 is 5.97 Å². The van der Waals surface area contributed by atoms with E-state index in [0.717, 1.165) is 44.3 Å². The van der Waals surface area contributed by atoms with Gasteiger partial charge in [0.25, 0.3) is 5.91 Å². The van der Waals surface area contributed by atoms with E-state index in [9.17, 15) is 14.4 Å². The zero-order valence-electron chi connectivity index (χ0n) is 24.1. The van der Waals surface area contributed by atoms with Gasteiger partial charge < -0.3 is 25.0 Å². The lowest BCUT2D eigenvalue weighted by Gasteiger charge is -2.30. The highest BCUT2D eigenvalue weighted by Gasteiger charge is 2.42. The van der Waals surface area contributed by atoms with Crippen LogP contribution in [0.4, 0.5) is 5.69 Å². The minimum absolute atomic E-state index is 0.127. The Morgan fingerprint density at radius 3 is 2.20 bits per heavy atom. The predicted molar refractivity (Wildman–Crippen MR) is 163 cm³/mol. The fourth-order valence-electron chi connectivity index (χ4n) is 5.23. The van der Waals surface area contributed by atoms with Crippen molar-refractivity contribution in [3.8, 4) is 0 Å². The standard InChI is InChI=1S/C31H41Cl2N3O5/c1-4-36(5-2)18-20-41-29(38)26(35-30(39)31(17-19-40-3)15-6-7-16-31)21-22-11-13-23(14-12-22)34-28(37)27-24(32)9-8-10-25(27)33/h8-14,26H,4-7,15-21H2,1-3H3,(H,34,37)(H,35,39). The normalized spacial score (nSPS) is 15.0. The van der Waals surface area contributed by atoms with Crippen molar-refractivity contribution in [2.75, 3.05) is 45.3 Å². The van der Waals surface area contributed by atoms with Gasteiger partial charge in [-0.05, 0) is 62.2 Å². The molecule has 41 heavy (non-hydrogen) atoms. The molecule has 8 nitrogen and oxygen atoms in total. The van der Waals surface area contributed by atoms with Gasteiger partial charge in [-0.2, -0.15) is 0 Å². The quantitative estimate of drug-likeness (QED) is 0.251. The van der Waals surface area contributed by atoms with Gasteiger partial charge in [-0.25, -0.2) is 4.79 Å². The number of hydrogen-bond acceptors (Lipinski definition) is 6. The van der Waals surface area contributed by atoms with Gasteiger partial charge in [0.15, 0.2) is 0 Å². The van der Waals surface area contributed by atoms with Crippen molar-refractivity contribution in [3.63, 3.8) is 0 Å². The second-order valence-electron chi connectivity index (χ2n) is 10.4. The van der Waals surface area contributed by atoms with E-state index in [4.69, 9.17) is 32.7 Å². The first-order valence-corrected chi connectivity index (χ1v) is 15.0. The zero-order valence-corrected chi connectivity index (χ0v) is 25.7. The van der Waals surface area contributed by atoms with Crippen LogP contribution in [0.15, 0.2) is 42.5 Å². The number of likely N-dealkylation sites (N-methyl/N-ethyl adjacent to an activating group) is 1. The Morgan fingerprint density at radius 1 is 0.976 bits per heavy atom. The van der Waals surface area contributed by atoms with Crippen LogP contribution in [0.25, 0.3) is 0 Å². The van der Waals surface area contributed by atoms with Crippen LogP contribution in [0.2, 0.25) is 10.0 Å². The summed E-state index contributed by atoms with van der Waals surface area (Å²) in [4.78, 5) is 41.7. The first-order chi connectivity index (χ1) is 19.7. The molecule has 0 heterocycles. The van der Waals surface area contributed by atoms with E-state index < -0.39 is 23.3 Å². The van der Waals surface area contributed by atoms with Crippen LogP contribution >= 0.6 is 23.2 Å². The third kappa shape index (κ3) is 9.17. The number of esters is 1. The van der Waals surface area contributed by atoms with Gasteiger partial charge in [-0.1, -0.05) is 68.1 Å². The van der Waals surface area contributed by atoms with Gasteiger partial charge in [-0.3, -0.25) is 9.59 Å². The summed E-state index contributed by atoms with van der Waals surface area (Å²) < 4.78 is 10.9. The van der Waals surface area contributed by atoms with Gasteiger partial charge in [0.05, 0.1) is 21.0 Å². The van der Waals surface area contributed by atoms with Crippen molar-refractivity contribution in [2.45, 2.75) is 58.4 Å². The van der Waals surface area contributed by atoms with Gasteiger partial charge in [0.1, 0.15) is 12.6 Å². The highest BCUT2D eigenvalue weighted by Crippen LogP contribution is 2.41. The average Bonchev–Trinajstić information content (AvgIpc) is 3.45. The lowest BCUT2D eigenvalue weighted by Crippen LogP contribution is -2.49. The van der Waals surface area contributed by atoms with E-state index in [1.54, 1.807) is 37.4 Å². The Morgan fingerprint density at radius 2 is 1.61 bits per heavy atom. The molecule has 0 aromatic heterocycles. The minimum atomic E-state index is -0.846. The van der Waals surface area contributed by atoms with Crippen molar-refractivity contribution in [2.24, 2.45) is 5.41 Å². The molecule has 1 unspecified atom stereocenters. The predicted octanol–water partition coefficient (Wildman–Crippen LogP) is 5.75. The molecule has 2 aromatic rings. The molecule has 0 radical (unpaired) electrons. The number of ether oxygens (including phenoxy) is 2. The molecule has 1 atom stereocenters. The molecule has 224 valence electrons. The van der Waals surface area contributed by atoms with Crippen LogP contribution in [-0.4, -0.2) is 68.7 Å². The number of amides is 2. The van der Waals surface area contributed by atoms with E-state index in [1.165, 1.54) is 0 Å². The largest absolute Gasteiger partial charge is 0.463 e. The van der Waals surface area contributed by atoms with Crippen LogP contribution in [-0.2, 0) is 25.5 Å². The number of benzene rings is 2. The third-order valence-corrected chi connectivity index (χ3v) is 8.43. The Hall–Kier alpha value is -2.65. The number of hydrogen-bond donors (Lipinski definition) is 2. The van der Waals surface area contributed by atoms with Crippen LogP contribution in [0.5, 0.6) is 0 Å². The van der Waals surface area contributed by atoms with E-state index in [1.807, 2.05) is 12.1 Å². The van der Waals surface area contributed by atoms with E-state index in [-0.39, 0.29) is 34.5 Å². The summed E-state index contributed by atoms with van der Waals surface area (Å²) >= 11 is 12.3. The molecule has 0 saturated heterocycles. The number of nitrogens with zero attached hydrogens (tertiary/aromatic N) is 1. The van der Waals surface area contributed by atoms with Crippen molar-refractivity contribution in [1.82, 2.24) is 10.2 Å². The number of methoxy groups -OCH3 is 1. The topological polar surface area (TPSA) is 97.0 Å².